The van der Waals surface area contributed by atoms with E-state index in [1.807, 2.05) is 0 Å². The van der Waals surface area contributed by atoms with Crippen LogP contribution in [0.4, 0.5) is 14.5 Å². The van der Waals surface area contributed by atoms with E-state index in [1.165, 1.54) is 30.3 Å². The first-order valence-corrected chi connectivity index (χ1v) is 5.72. The van der Waals surface area contributed by atoms with E-state index >= 15 is 0 Å². The van der Waals surface area contributed by atoms with E-state index in [9.17, 15) is 8.78 Å². The molecule has 2 aromatic carbocycles. The van der Waals surface area contributed by atoms with Crippen molar-refractivity contribution < 1.29 is 18.3 Å². The number of hydrogen-bond donors (Lipinski definition) is 1. The van der Waals surface area contributed by atoms with Gasteiger partial charge in [-0.05, 0) is 24.3 Å². The number of ether oxygens (including phenoxy) is 2. The SMILES string of the molecule is Nc1ccc(OCCOc2ccccc2F)c(F)c1. The molecule has 2 rings (SSSR count). The van der Waals surface area contributed by atoms with Crippen LogP contribution in [0.15, 0.2) is 42.5 Å². The highest BCUT2D eigenvalue weighted by Gasteiger charge is 2.04. The van der Waals surface area contributed by atoms with Crippen LogP contribution in [0.25, 0.3) is 0 Å². The molecule has 0 aromatic heterocycles. The Kier molecular flexibility index (Phi) is 4.18. The molecule has 0 unspecified atom stereocenters. The van der Waals surface area contributed by atoms with Crippen molar-refractivity contribution in [3.05, 3.63) is 54.1 Å². The molecular formula is C14H13F2NO2. The van der Waals surface area contributed by atoms with Crippen molar-refractivity contribution in [2.45, 2.75) is 0 Å². The van der Waals surface area contributed by atoms with Crippen molar-refractivity contribution in [3.63, 3.8) is 0 Å². The minimum absolute atomic E-state index is 0.0892. The molecular weight excluding hydrogens is 252 g/mol. The highest BCUT2D eigenvalue weighted by Crippen LogP contribution is 2.19. The van der Waals surface area contributed by atoms with Gasteiger partial charge in [0.05, 0.1) is 0 Å². The van der Waals surface area contributed by atoms with Crippen LogP contribution >= 0.6 is 0 Å². The number of hydrogen-bond acceptors (Lipinski definition) is 3. The van der Waals surface area contributed by atoms with Crippen LogP contribution in [-0.2, 0) is 0 Å². The van der Waals surface area contributed by atoms with Gasteiger partial charge in [0.2, 0.25) is 0 Å². The van der Waals surface area contributed by atoms with Gasteiger partial charge >= 0.3 is 0 Å². The molecule has 0 aliphatic carbocycles. The molecule has 0 amide bonds. The number of nitrogens with two attached hydrogens (primary N) is 1. The number of nitrogen functional groups attached to an aromatic ring is 1. The van der Waals surface area contributed by atoms with Crippen LogP contribution in [0, 0.1) is 11.6 Å². The molecule has 2 aromatic rings. The normalized spacial score (nSPS) is 10.2. The zero-order valence-corrected chi connectivity index (χ0v) is 10.1. The van der Waals surface area contributed by atoms with E-state index in [4.69, 9.17) is 15.2 Å². The fourth-order valence-electron chi connectivity index (χ4n) is 1.50. The standard InChI is InChI=1S/C14H13F2NO2/c15-11-3-1-2-4-13(11)18-7-8-19-14-6-5-10(17)9-12(14)16/h1-6,9H,7-8,17H2. The molecule has 0 spiro atoms. The molecule has 19 heavy (non-hydrogen) atoms. The summed E-state index contributed by atoms with van der Waals surface area (Å²) in [4.78, 5) is 0. The Balaban J connectivity index is 1.83. The third-order valence-corrected chi connectivity index (χ3v) is 2.39. The minimum Gasteiger partial charge on any atom is -0.487 e. The Morgan fingerprint density at radius 2 is 1.47 bits per heavy atom. The molecule has 0 bridgehead atoms. The minimum atomic E-state index is -0.536. The number of para-hydroxylation sites is 1. The zero-order valence-electron chi connectivity index (χ0n) is 10.1. The van der Waals surface area contributed by atoms with E-state index in [1.54, 1.807) is 12.1 Å². The van der Waals surface area contributed by atoms with Crippen molar-refractivity contribution in [2.75, 3.05) is 18.9 Å². The summed E-state index contributed by atoms with van der Waals surface area (Å²) in [6.07, 6.45) is 0. The molecule has 100 valence electrons. The summed E-state index contributed by atoms with van der Waals surface area (Å²) in [6, 6.07) is 10.2. The fraction of sp³-hybridized carbons (Fsp3) is 0.143. The predicted molar refractivity (Wildman–Crippen MR) is 68.2 cm³/mol. The average Bonchev–Trinajstić information content (AvgIpc) is 2.38. The van der Waals surface area contributed by atoms with E-state index in [2.05, 4.69) is 0 Å². The van der Waals surface area contributed by atoms with Gasteiger partial charge in [0.25, 0.3) is 0 Å². The second-order valence-corrected chi connectivity index (χ2v) is 3.82. The summed E-state index contributed by atoms with van der Waals surface area (Å²) in [5, 5.41) is 0. The summed E-state index contributed by atoms with van der Waals surface area (Å²) >= 11 is 0. The Bertz CT molecular complexity index is 561. The van der Waals surface area contributed by atoms with E-state index in [0.717, 1.165) is 0 Å². The van der Waals surface area contributed by atoms with Gasteiger partial charge in [0, 0.05) is 11.8 Å². The average molecular weight is 265 g/mol. The molecule has 0 heterocycles. The maximum Gasteiger partial charge on any atom is 0.167 e. The highest BCUT2D eigenvalue weighted by atomic mass is 19.1. The largest absolute Gasteiger partial charge is 0.487 e. The van der Waals surface area contributed by atoms with Crippen molar-refractivity contribution >= 4 is 5.69 Å². The lowest BCUT2D eigenvalue weighted by Crippen LogP contribution is -2.10. The maximum atomic E-state index is 13.4. The van der Waals surface area contributed by atoms with Crippen LogP contribution in [0.3, 0.4) is 0 Å². The topological polar surface area (TPSA) is 44.5 Å². The molecule has 0 saturated carbocycles. The summed E-state index contributed by atoms with van der Waals surface area (Å²) < 4.78 is 36.9. The predicted octanol–water partition coefficient (Wildman–Crippen LogP) is 3.00. The number of halogens is 2. The fourth-order valence-corrected chi connectivity index (χ4v) is 1.50. The zero-order chi connectivity index (χ0) is 13.7. The third kappa shape index (κ3) is 3.58. The van der Waals surface area contributed by atoms with Crippen molar-refractivity contribution in [1.29, 1.82) is 0 Å². The Labute approximate surface area is 109 Å². The van der Waals surface area contributed by atoms with Gasteiger partial charge in [-0.3, -0.25) is 0 Å². The molecule has 3 nitrogen and oxygen atoms in total. The van der Waals surface area contributed by atoms with Gasteiger partial charge in [-0.2, -0.15) is 0 Å². The first kappa shape index (κ1) is 13.1. The molecule has 0 fully saturated rings. The van der Waals surface area contributed by atoms with Crippen LogP contribution in [0.1, 0.15) is 0 Å². The van der Waals surface area contributed by atoms with Crippen LogP contribution in [0.5, 0.6) is 11.5 Å². The number of anilines is 1. The summed E-state index contributed by atoms with van der Waals surface area (Å²) in [5.74, 6) is -0.748. The van der Waals surface area contributed by atoms with Gasteiger partial charge in [0.1, 0.15) is 13.2 Å². The summed E-state index contributed by atoms with van der Waals surface area (Å²) in [6.45, 7) is 0.222. The molecule has 5 heteroatoms. The molecule has 0 aliphatic heterocycles. The summed E-state index contributed by atoms with van der Waals surface area (Å²) in [5.41, 5.74) is 5.74. The van der Waals surface area contributed by atoms with Gasteiger partial charge < -0.3 is 15.2 Å². The second-order valence-electron chi connectivity index (χ2n) is 3.82. The Hall–Kier alpha value is -2.30. The van der Waals surface area contributed by atoms with Crippen molar-refractivity contribution in [3.8, 4) is 11.5 Å². The quantitative estimate of drug-likeness (QED) is 0.667. The lowest BCUT2D eigenvalue weighted by Gasteiger charge is -2.09. The third-order valence-electron chi connectivity index (χ3n) is 2.39. The van der Waals surface area contributed by atoms with Crippen LogP contribution in [-0.4, -0.2) is 13.2 Å². The second kappa shape index (κ2) is 6.04. The first-order valence-electron chi connectivity index (χ1n) is 5.72. The van der Waals surface area contributed by atoms with E-state index in [-0.39, 0.29) is 24.7 Å². The van der Waals surface area contributed by atoms with Crippen LogP contribution < -0.4 is 15.2 Å². The monoisotopic (exact) mass is 265 g/mol. The molecule has 0 saturated heterocycles. The van der Waals surface area contributed by atoms with Crippen molar-refractivity contribution in [2.24, 2.45) is 0 Å². The summed E-state index contributed by atoms with van der Waals surface area (Å²) in [7, 11) is 0. The molecule has 0 aliphatic rings. The molecule has 2 N–H and O–H groups in total. The van der Waals surface area contributed by atoms with Gasteiger partial charge in [-0.25, -0.2) is 8.78 Å². The number of rotatable bonds is 5. The Morgan fingerprint density at radius 1 is 0.842 bits per heavy atom. The molecule has 0 atom stereocenters. The van der Waals surface area contributed by atoms with Crippen LogP contribution in [0.2, 0.25) is 0 Å². The maximum absolute atomic E-state index is 13.4. The molecule has 0 radical (unpaired) electrons. The number of benzene rings is 2. The Morgan fingerprint density at radius 3 is 2.11 bits per heavy atom. The van der Waals surface area contributed by atoms with Crippen molar-refractivity contribution in [1.82, 2.24) is 0 Å². The van der Waals surface area contributed by atoms with Gasteiger partial charge in [0.15, 0.2) is 23.1 Å². The first-order chi connectivity index (χ1) is 9.16. The van der Waals surface area contributed by atoms with E-state index in [0.29, 0.717) is 5.69 Å². The lowest BCUT2D eigenvalue weighted by atomic mass is 10.3. The highest BCUT2D eigenvalue weighted by molar-refractivity contribution is 5.42. The van der Waals surface area contributed by atoms with E-state index < -0.39 is 11.6 Å². The van der Waals surface area contributed by atoms with Gasteiger partial charge in [-0.1, -0.05) is 12.1 Å². The van der Waals surface area contributed by atoms with Gasteiger partial charge in [-0.15, -0.1) is 0 Å². The smallest absolute Gasteiger partial charge is 0.167 e. The lowest BCUT2D eigenvalue weighted by molar-refractivity contribution is 0.206.